The van der Waals surface area contributed by atoms with Crippen LogP contribution in [-0.2, 0) is 24.3 Å². The lowest BCUT2D eigenvalue weighted by molar-refractivity contribution is -0.132. The van der Waals surface area contributed by atoms with E-state index in [9.17, 15) is 4.79 Å². The molecule has 0 fully saturated rings. The van der Waals surface area contributed by atoms with Gasteiger partial charge in [0.15, 0.2) is 0 Å². The van der Waals surface area contributed by atoms with E-state index in [2.05, 4.69) is 24.0 Å². The van der Waals surface area contributed by atoms with Gasteiger partial charge in [-0.25, -0.2) is 0 Å². The number of hydrogen-bond donors (Lipinski definition) is 0. The maximum atomic E-state index is 12.7. The molecule has 4 nitrogen and oxygen atoms in total. The van der Waals surface area contributed by atoms with Gasteiger partial charge >= 0.3 is 0 Å². The zero-order valence-electron chi connectivity index (χ0n) is 14.4. The summed E-state index contributed by atoms with van der Waals surface area (Å²) in [4.78, 5) is 21.4. The Kier molecular flexibility index (Phi) is 6.01. The zero-order chi connectivity index (χ0) is 17.5. The molecule has 3 aromatic heterocycles. The van der Waals surface area contributed by atoms with E-state index in [4.69, 9.17) is 4.42 Å². The van der Waals surface area contributed by atoms with Gasteiger partial charge in [0.25, 0.3) is 0 Å². The van der Waals surface area contributed by atoms with Crippen LogP contribution in [0.4, 0.5) is 0 Å². The third kappa shape index (κ3) is 5.29. The molecule has 3 rings (SSSR count). The summed E-state index contributed by atoms with van der Waals surface area (Å²) < 4.78 is 5.43. The minimum Gasteiger partial charge on any atom is -0.467 e. The summed E-state index contributed by atoms with van der Waals surface area (Å²) in [6.45, 7) is 3.22. The van der Waals surface area contributed by atoms with Gasteiger partial charge < -0.3 is 9.32 Å². The first-order valence-corrected chi connectivity index (χ1v) is 9.28. The molecule has 1 amide bonds. The van der Waals surface area contributed by atoms with Crippen LogP contribution in [-0.4, -0.2) is 15.8 Å². The third-order valence-electron chi connectivity index (χ3n) is 3.97. The van der Waals surface area contributed by atoms with Gasteiger partial charge in [-0.05, 0) is 56.2 Å². The fourth-order valence-electron chi connectivity index (χ4n) is 2.71. The van der Waals surface area contributed by atoms with Gasteiger partial charge in [0, 0.05) is 28.1 Å². The van der Waals surface area contributed by atoms with Crippen LogP contribution in [0.2, 0.25) is 0 Å². The lowest BCUT2D eigenvalue weighted by atomic mass is 10.1. The molecule has 0 N–H and O–H groups in total. The highest BCUT2D eigenvalue weighted by Gasteiger charge is 2.16. The average Bonchev–Trinajstić information content (AvgIpc) is 3.27. The second-order valence-electron chi connectivity index (χ2n) is 6.02. The smallest absolute Gasteiger partial charge is 0.223 e. The lowest BCUT2D eigenvalue weighted by Gasteiger charge is -2.21. The summed E-state index contributed by atoms with van der Waals surface area (Å²) >= 11 is 1.73. The molecular formula is C20H22N2O2S. The first-order chi connectivity index (χ1) is 12.2. The predicted octanol–water partition coefficient (Wildman–Crippen LogP) is 4.60. The van der Waals surface area contributed by atoms with Gasteiger partial charge in [-0.1, -0.05) is 6.07 Å². The van der Waals surface area contributed by atoms with Gasteiger partial charge in [-0.15, -0.1) is 11.3 Å². The van der Waals surface area contributed by atoms with Crippen LogP contribution in [0.25, 0.3) is 0 Å². The molecule has 0 unspecified atom stereocenters. The Hall–Kier alpha value is -2.40. The molecule has 0 aromatic carbocycles. The predicted molar refractivity (Wildman–Crippen MR) is 99.2 cm³/mol. The van der Waals surface area contributed by atoms with Crippen LogP contribution >= 0.6 is 11.3 Å². The van der Waals surface area contributed by atoms with E-state index in [0.29, 0.717) is 19.5 Å². The number of carbonyl (C=O) groups is 1. The average molecular weight is 354 g/mol. The van der Waals surface area contributed by atoms with Gasteiger partial charge in [0.1, 0.15) is 5.76 Å². The molecule has 25 heavy (non-hydrogen) atoms. The van der Waals surface area contributed by atoms with Crippen molar-refractivity contribution in [2.45, 2.75) is 39.3 Å². The van der Waals surface area contributed by atoms with Crippen molar-refractivity contribution in [1.29, 1.82) is 0 Å². The maximum Gasteiger partial charge on any atom is 0.223 e. The van der Waals surface area contributed by atoms with E-state index in [-0.39, 0.29) is 5.91 Å². The van der Waals surface area contributed by atoms with Gasteiger partial charge in [0.2, 0.25) is 5.91 Å². The number of thiophene rings is 1. The fraction of sp³-hybridized carbons (Fsp3) is 0.300. The van der Waals surface area contributed by atoms with Crippen LogP contribution in [0.1, 0.15) is 34.1 Å². The molecule has 0 saturated heterocycles. The fourth-order valence-corrected chi connectivity index (χ4v) is 3.61. The van der Waals surface area contributed by atoms with E-state index in [1.807, 2.05) is 35.2 Å². The number of furan rings is 1. The molecule has 0 atom stereocenters. The van der Waals surface area contributed by atoms with Crippen molar-refractivity contribution in [3.05, 3.63) is 76.1 Å². The van der Waals surface area contributed by atoms with Gasteiger partial charge in [-0.2, -0.15) is 0 Å². The molecule has 130 valence electrons. The van der Waals surface area contributed by atoms with Gasteiger partial charge in [-0.3, -0.25) is 9.78 Å². The summed E-state index contributed by atoms with van der Waals surface area (Å²) in [6.07, 6.45) is 5.57. The van der Waals surface area contributed by atoms with Crippen molar-refractivity contribution in [3.63, 3.8) is 0 Å². The van der Waals surface area contributed by atoms with Crippen LogP contribution in [0.15, 0.2) is 59.3 Å². The highest BCUT2D eigenvalue weighted by atomic mass is 32.1. The number of hydrogen-bond acceptors (Lipinski definition) is 4. The van der Waals surface area contributed by atoms with E-state index in [1.54, 1.807) is 23.8 Å². The Morgan fingerprint density at radius 1 is 1.16 bits per heavy atom. The minimum atomic E-state index is 0.151. The third-order valence-corrected chi connectivity index (χ3v) is 4.96. The number of nitrogens with zero attached hydrogens (tertiary/aromatic N) is 2. The summed E-state index contributed by atoms with van der Waals surface area (Å²) in [5.74, 6) is 0.963. The Morgan fingerprint density at radius 2 is 2.08 bits per heavy atom. The monoisotopic (exact) mass is 354 g/mol. The molecule has 3 heterocycles. The van der Waals surface area contributed by atoms with Crippen LogP contribution in [0, 0.1) is 6.92 Å². The number of carbonyl (C=O) groups excluding carboxylic acids is 1. The number of aryl methyl sites for hydroxylation is 2. The zero-order valence-corrected chi connectivity index (χ0v) is 15.2. The van der Waals surface area contributed by atoms with Crippen molar-refractivity contribution in [1.82, 2.24) is 9.88 Å². The Labute approximate surface area is 152 Å². The van der Waals surface area contributed by atoms with Crippen LogP contribution in [0.5, 0.6) is 0 Å². The van der Waals surface area contributed by atoms with Crippen molar-refractivity contribution in [2.75, 3.05) is 0 Å². The normalized spacial score (nSPS) is 10.8. The molecular weight excluding hydrogens is 332 g/mol. The number of amides is 1. The second-order valence-corrected chi connectivity index (χ2v) is 7.39. The van der Waals surface area contributed by atoms with E-state index in [0.717, 1.165) is 24.3 Å². The standard InChI is InChI=1S/C20H22N2O2S/c1-16-10-11-19(25-16)15-22(14-18-8-5-13-24-18)20(23)9-4-7-17-6-2-3-12-21-17/h2-3,5-6,8,10-13H,4,7,9,14-15H2,1H3. The maximum absolute atomic E-state index is 12.7. The molecule has 0 radical (unpaired) electrons. The Morgan fingerprint density at radius 3 is 2.76 bits per heavy atom. The highest BCUT2D eigenvalue weighted by Crippen LogP contribution is 2.19. The van der Waals surface area contributed by atoms with E-state index >= 15 is 0 Å². The molecule has 0 aliphatic carbocycles. The Bertz CT molecular complexity index is 781. The van der Waals surface area contributed by atoms with Crippen molar-refractivity contribution in [2.24, 2.45) is 0 Å². The largest absolute Gasteiger partial charge is 0.467 e. The molecule has 0 aliphatic rings. The number of pyridine rings is 1. The Balaban J connectivity index is 1.59. The van der Waals surface area contributed by atoms with Crippen LogP contribution < -0.4 is 0 Å². The summed E-state index contributed by atoms with van der Waals surface area (Å²) in [5.41, 5.74) is 1.03. The van der Waals surface area contributed by atoms with Crippen molar-refractivity contribution >= 4 is 17.2 Å². The molecule has 0 bridgehead atoms. The lowest BCUT2D eigenvalue weighted by Crippen LogP contribution is -2.29. The molecule has 0 saturated carbocycles. The quantitative estimate of drug-likeness (QED) is 0.594. The summed E-state index contributed by atoms with van der Waals surface area (Å²) in [5, 5.41) is 0. The molecule has 3 aromatic rings. The minimum absolute atomic E-state index is 0.151. The van der Waals surface area contributed by atoms with E-state index < -0.39 is 0 Å². The van der Waals surface area contributed by atoms with Crippen LogP contribution in [0.3, 0.4) is 0 Å². The number of aromatic nitrogens is 1. The summed E-state index contributed by atoms with van der Waals surface area (Å²) in [6, 6.07) is 13.8. The van der Waals surface area contributed by atoms with Gasteiger partial charge in [0.05, 0.1) is 19.4 Å². The number of rotatable bonds is 8. The summed E-state index contributed by atoms with van der Waals surface area (Å²) in [7, 11) is 0. The van der Waals surface area contributed by atoms with Crippen molar-refractivity contribution in [3.8, 4) is 0 Å². The second kappa shape index (κ2) is 8.62. The SMILES string of the molecule is Cc1ccc(CN(Cc2ccco2)C(=O)CCCc2ccccn2)s1. The van der Waals surface area contributed by atoms with E-state index in [1.165, 1.54) is 9.75 Å². The van der Waals surface area contributed by atoms with Crippen molar-refractivity contribution < 1.29 is 9.21 Å². The molecule has 0 aliphatic heterocycles. The first-order valence-electron chi connectivity index (χ1n) is 8.46. The topological polar surface area (TPSA) is 46.3 Å². The first kappa shape index (κ1) is 17.4. The highest BCUT2D eigenvalue weighted by molar-refractivity contribution is 7.11. The molecule has 0 spiro atoms. The molecule has 5 heteroatoms.